The van der Waals surface area contributed by atoms with E-state index >= 15 is 0 Å². The standard InChI is InChI=1S/C29H30FN5O2S/c1-3-37-29(36)35-16-13-21(14-17-35)27-34-25(22-10-7-11-23(30)18-22)26(38-27)24-12-15-31-28(33-24)32-19(2)20-8-5-4-6-9-20/h4-12,15,18-19,21H,3,13-14,16-17H2,1-2H3,(H,31,32,33). The average molecular weight is 532 g/mol. The van der Waals surface area contributed by atoms with Crippen LogP contribution >= 0.6 is 11.3 Å². The number of nitrogens with zero attached hydrogens (tertiary/aromatic N) is 4. The fourth-order valence-electron chi connectivity index (χ4n) is 4.61. The molecule has 1 aliphatic rings. The van der Waals surface area contributed by atoms with Crippen molar-refractivity contribution in [2.24, 2.45) is 0 Å². The first-order valence-corrected chi connectivity index (χ1v) is 13.7. The van der Waals surface area contributed by atoms with Gasteiger partial charge in [-0.05, 0) is 50.5 Å². The van der Waals surface area contributed by atoms with Crippen molar-refractivity contribution in [2.75, 3.05) is 25.0 Å². The van der Waals surface area contributed by atoms with Gasteiger partial charge in [0, 0.05) is 30.8 Å². The number of rotatable bonds is 7. The minimum atomic E-state index is -0.313. The van der Waals surface area contributed by atoms with Crippen molar-refractivity contribution in [2.45, 2.75) is 38.6 Å². The number of carbonyl (C=O) groups is 1. The number of aromatic nitrogens is 3. The molecule has 0 aliphatic carbocycles. The van der Waals surface area contributed by atoms with Gasteiger partial charge in [0.15, 0.2) is 0 Å². The van der Waals surface area contributed by atoms with E-state index in [1.54, 1.807) is 28.5 Å². The van der Waals surface area contributed by atoms with Gasteiger partial charge >= 0.3 is 6.09 Å². The van der Waals surface area contributed by atoms with Gasteiger partial charge in [-0.1, -0.05) is 42.5 Å². The summed E-state index contributed by atoms with van der Waals surface area (Å²) in [4.78, 5) is 29.0. The Bertz CT molecular complexity index is 1390. The van der Waals surface area contributed by atoms with Crippen molar-refractivity contribution in [1.29, 1.82) is 0 Å². The molecule has 1 saturated heterocycles. The van der Waals surface area contributed by atoms with E-state index in [0.29, 0.717) is 36.9 Å². The molecule has 5 rings (SSSR count). The van der Waals surface area contributed by atoms with E-state index in [1.165, 1.54) is 12.1 Å². The third kappa shape index (κ3) is 5.83. The van der Waals surface area contributed by atoms with Gasteiger partial charge in [0.2, 0.25) is 5.95 Å². The number of halogens is 1. The second-order valence-electron chi connectivity index (χ2n) is 9.24. The third-order valence-electron chi connectivity index (χ3n) is 6.65. The molecule has 3 heterocycles. The molecule has 2 aromatic carbocycles. The molecule has 1 aliphatic heterocycles. The Morgan fingerprint density at radius 3 is 2.66 bits per heavy atom. The summed E-state index contributed by atoms with van der Waals surface area (Å²) in [6, 6.07) is 18.5. The van der Waals surface area contributed by atoms with Crippen LogP contribution in [0.5, 0.6) is 0 Å². The number of nitrogens with one attached hydrogen (secondary N) is 1. The molecular weight excluding hydrogens is 501 g/mol. The number of ether oxygens (including phenoxy) is 1. The van der Waals surface area contributed by atoms with Crippen LogP contribution in [0, 0.1) is 5.82 Å². The molecule has 4 aromatic rings. The predicted molar refractivity (Wildman–Crippen MR) is 148 cm³/mol. The van der Waals surface area contributed by atoms with E-state index in [9.17, 15) is 9.18 Å². The molecule has 2 aromatic heterocycles. The maximum absolute atomic E-state index is 14.2. The highest BCUT2D eigenvalue weighted by molar-refractivity contribution is 7.15. The zero-order valence-corrected chi connectivity index (χ0v) is 22.2. The normalized spacial score (nSPS) is 14.8. The van der Waals surface area contributed by atoms with Gasteiger partial charge in [0.05, 0.1) is 33.9 Å². The number of amides is 1. The third-order valence-corrected chi connectivity index (χ3v) is 7.89. The van der Waals surface area contributed by atoms with E-state index in [0.717, 1.165) is 34.0 Å². The Labute approximate surface area is 225 Å². The van der Waals surface area contributed by atoms with E-state index in [2.05, 4.69) is 29.4 Å². The minimum Gasteiger partial charge on any atom is -0.450 e. The SMILES string of the molecule is CCOC(=O)N1CCC(c2nc(-c3cccc(F)c3)c(-c3ccnc(NC(C)c4ccccc4)n3)s2)CC1. The lowest BCUT2D eigenvalue weighted by Gasteiger charge is -2.30. The largest absolute Gasteiger partial charge is 0.450 e. The molecular formula is C29H30FN5O2S. The summed E-state index contributed by atoms with van der Waals surface area (Å²) in [6.45, 7) is 5.48. The molecule has 0 spiro atoms. The van der Waals surface area contributed by atoms with Crippen LogP contribution in [0.3, 0.4) is 0 Å². The number of hydrogen-bond donors (Lipinski definition) is 1. The second kappa shape index (κ2) is 11.7. The summed E-state index contributed by atoms with van der Waals surface area (Å²) in [5.41, 5.74) is 3.28. The maximum atomic E-state index is 14.2. The van der Waals surface area contributed by atoms with Gasteiger partial charge in [-0.25, -0.2) is 24.1 Å². The van der Waals surface area contributed by atoms with Crippen molar-refractivity contribution < 1.29 is 13.9 Å². The Balaban J connectivity index is 1.44. The van der Waals surface area contributed by atoms with Crippen LogP contribution in [0.15, 0.2) is 66.9 Å². The average Bonchev–Trinajstić information content (AvgIpc) is 3.40. The van der Waals surface area contributed by atoms with E-state index in [1.807, 2.05) is 37.3 Å². The highest BCUT2D eigenvalue weighted by atomic mass is 32.1. The number of hydrogen-bond acceptors (Lipinski definition) is 7. The number of anilines is 1. The first-order chi connectivity index (χ1) is 18.5. The number of carbonyl (C=O) groups excluding carboxylic acids is 1. The Morgan fingerprint density at radius 1 is 1.13 bits per heavy atom. The first kappa shape index (κ1) is 25.8. The van der Waals surface area contributed by atoms with Crippen LogP contribution in [-0.4, -0.2) is 45.6 Å². The van der Waals surface area contributed by atoms with Gasteiger partial charge in [0.25, 0.3) is 0 Å². The molecule has 1 unspecified atom stereocenters. The monoisotopic (exact) mass is 531 g/mol. The summed E-state index contributed by atoms with van der Waals surface area (Å²) in [5.74, 6) is 0.401. The van der Waals surface area contributed by atoms with Gasteiger partial charge in [-0.3, -0.25) is 0 Å². The zero-order chi connectivity index (χ0) is 26.5. The Morgan fingerprint density at radius 2 is 1.92 bits per heavy atom. The number of likely N-dealkylation sites (tertiary alicyclic amines) is 1. The van der Waals surface area contributed by atoms with Crippen LogP contribution in [0.2, 0.25) is 0 Å². The van der Waals surface area contributed by atoms with E-state index in [4.69, 9.17) is 14.7 Å². The van der Waals surface area contributed by atoms with Crippen molar-refractivity contribution >= 4 is 23.4 Å². The van der Waals surface area contributed by atoms with Crippen molar-refractivity contribution in [3.63, 3.8) is 0 Å². The second-order valence-corrected chi connectivity index (χ2v) is 10.3. The van der Waals surface area contributed by atoms with Gasteiger partial charge < -0.3 is 15.0 Å². The molecule has 0 radical (unpaired) electrons. The van der Waals surface area contributed by atoms with Gasteiger partial charge in [-0.15, -0.1) is 11.3 Å². The molecule has 0 bridgehead atoms. The quantitative estimate of drug-likeness (QED) is 0.279. The van der Waals surface area contributed by atoms with Crippen LogP contribution < -0.4 is 5.32 Å². The predicted octanol–water partition coefficient (Wildman–Crippen LogP) is 6.92. The topological polar surface area (TPSA) is 80.2 Å². The number of piperidine rings is 1. The maximum Gasteiger partial charge on any atom is 0.409 e. The molecule has 38 heavy (non-hydrogen) atoms. The molecule has 1 amide bonds. The minimum absolute atomic E-state index is 0.0238. The molecule has 1 fully saturated rings. The highest BCUT2D eigenvalue weighted by Crippen LogP contribution is 2.41. The summed E-state index contributed by atoms with van der Waals surface area (Å²) in [6.07, 6.45) is 3.05. The lowest BCUT2D eigenvalue weighted by molar-refractivity contribution is 0.0970. The smallest absolute Gasteiger partial charge is 0.409 e. The van der Waals surface area contributed by atoms with E-state index < -0.39 is 0 Å². The van der Waals surface area contributed by atoms with Gasteiger partial charge in [0.1, 0.15) is 5.82 Å². The molecule has 1 atom stereocenters. The van der Waals surface area contributed by atoms with Crippen molar-refractivity contribution in [3.8, 4) is 21.8 Å². The fourth-order valence-corrected chi connectivity index (χ4v) is 5.84. The Hall–Kier alpha value is -3.85. The zero-order valence-electron chi connectivity index (χ0n) is 21.4. The lowest BCUT2D eigenvalue weighted by Crippen LogP contribution is -2.38. The van der Waals surface area contributed by atoms with Crippen LogP contribution in [0.1, 0.15) is 49.2 Å². The molecule has 9 heteroatoms. The molecule has 196 valence electrons. The van der Waals surface area contributed by atoms with Crippen LogP contribution in [0.25, 0.3) is 21.8 Å². The summed E-state index contributed by atoms with van der Waals surface area (Å²) in [7, 11) is 0. The van der Waals surface area contributed by atoms with Crippen LogP contribution in [0.4, 0.5) is 15.1 Å². The lowest BCUT2D eigenvalue weighted by atomic mass is 9.98. The molecule has 7 nitrogen and oxygen atoms in total. The number of benzene rings is 2. The van der Waals surface area contributed by atoms with E-state index in [-0.39, 0.29) is 23.9 Å². The highest BCUT2D eigenvalue weighted by Gasteiger charge is 2.28. The summed E-state index contributed by atoms with van der Waals surface area (Å²) >= 11 is 1.58. The summed E-state index contributed by atoms with van der Waals surface area (Å²) in [5, 5.41) is 4.35. The molecule has 0 saturated carbocycles. The summed E-state index contributed by atoms with van der Waals surface area (Å²) < 4.78 is 19.3. The van der Waals surface area contributed by atoms with Gasteiger partial charge in [-0.2, -0.15) is 0 Å². The fraction of sp³-hybridized carbons (Fsp3) is 0.310. The number of thiazole rings is 1. The van der Waals surface area contributed by atoms with Crippen LogP contribution in [-0.2, 0) is 4.74 Å². The first-order valence-electron chi connectivity index (χ1n) is 12.8. The molecule has 1 N–H and O–H groups in total. The van der Waals surface area contributed by atoms with Crippen molar-refractivity contribution in [1.82, 2.24) is 19.9 Å². The van der Waals surface area contributed by atoms with Crippen molar-refractivity contribution in [3.05, 3.63) is 83.2 Å². The Kier molecular flexibility index (Phi) is 7.93.